The van der Waals surface area contributed by atoms with E-state index in [-0.39, 0.29) is 0 Å². The third kappa shape index (κ3) is 3.19. The summed E-state index contributed by atoms with van der Waals surface area (Å²) in [6.45, 7) is 6.83. The van der Waals surface area contributed by atoms with Gasteiger partial charge < -0.3 is 4.74 Å². The van der Waals surface area contributed by atoms with Crippen LogP contribution < -0.4 is 4.74 Å². The molecule has 0 aliphatic carbocycles. The molecule has 2 nitrogen and oxygen atoms in total. The minimum absolute atomic E-state index is 0.473. The third-order valence-corrected chi connectivity index (χ3v) is 5.13. The Morgan fingerprint density at radius 2 is 1.33 bits per heavy atom. The first-order valence-electron chi connectivity index (χ1n) is 9.17. The molecule has 0 spiro atoms. The summed E-state index contributed by atoms with van der Waals surface area (Å²) in [6, 6.07) is 20.7. The van der Waals surface area contributed by atoms with Crippen LogP contribution in [0.2, 0.25) is 0 Å². The van der Waals surface area contributed by atoms with Crippen LogP contribution in [0, 0.1) is 20.8 Å². The van der Waals surface area contributed by atoms with Crippen molar-refractivity contribution in [1.82, 2.24) is 0 Å². The van der Waals surface area contributed by atoms with Crippen molar-refractivity contribution >= 4 is 27.8 Å². The lowest BCUT2D eigenvalue weighted by Gasteiger charge is -2.17. The van der Waals surface area contributed by atoms with E-state index in [1.54, 1.807) is 0 Å². The molecular weight excluding hydrogens is 332 g/mol. The smallest absolute Gasteiger partial charge is 0.150 e. The Labute approximate surface area is 159 Å². The van der Waals surface area contributed by atoms with Crippen LogP contribution in [0.3, 0.4) is 0 Å². The van der Waals surface area contributed by atoms with Crippen molar-refractivity contribution in [2.45, 2.75) is 27.4 Å². The van der Waals surface area contributed by atoms with Crippen molar-refractivity contribution in [3.05, 3.63) is 88.5 Å². The van der Waals surface area contributed by atoms with E-state index in [0.717, 1.165) is 28.5 Å². The molecule has 0 saturated heterocycles. The van der Waals surface area contributed by atoms with E-state index in [4.69, 9.17) is 4.74 Å². The van der Waals surface area contributed by atoms with Gasteiger partial charge in [0.2, 0.25) is 0 Å². The molecular formula is C25H22O2. The average Bonchev–Trinajstić information content (AvgIpc) is 2.68. The minimum Gasteiger partial charge on any atom is -0.488 e. The predicted molar refractivity (Wildman–Crippen MR) is 112 cm³/mol. The summed E-state index contributed by atoms with van der Waals surface area (Å²) < 4.78 is 6.32. The van der Waals surface area contributed by atoms with Crippen molar-refractivity contribution in [2.24, 2.45) is 0 Å². The van der Waals surface area contributed by atoms with Crippen molar-refractivity contribution in [1.29, 1.82) is 0 Å². The Balaban J connectivity index is 1.84. The molecule has 0 amide bonds. The Hall–Kier alpha value is -3.13. The van der Waals surface area contributed by atoms with Crippen molar-refractivity contribution < 1.29 is 9.53 Å². The lowest BCUT2D eigenvalue weighted by molar-refractivity contribution is 0.112. The number of carbonyl (C=O) groups excluding carboxylic acids is 1. The lowest BCUT2D eigenvalue weighted by atomic mass is 9.94. The van der Waals surface area contributed by atoms with Crippen LogP contribution in [-0.2, 0) is 6.61 Å². The molecule has 134 valence electrons. The SMILES string of the molecule is Cc1ccc2c(c1)c(C)c(OCc1ccc(C=O)cc1)c1cc(C)ccc12. The number of ether oxygens (including phenoxy) is 1. The fourth-order valence-corrected chi connectivity index (χ4v) is 3.64. The fraction of sp³-hybridized carbons (Fsp3) is 0.160. The zero-order valence-corrected chi connectivity index (χ0v) is 15.9. The normalized spacial score (nSPS) is 11.1. The monoisotopic (exact) mass is 354 g/mol. The van der Waals surface area contributed by atoms with E-state index in [1.807, 2.05) is 24.3 Å². The van der Waals surface area contributed by atoms with Gasteiger partial charge in [0.05, 0.1) is 0 Å². The highest BCUT2D eigenvalue weighted by Gasteiger charge is 2.13. The van der Waals surface area contributed by atoms with Gasteiger partial charge in [0.15, 0.2) is 0 Å². The molecule has 0 saturated carbocycles. The van der Waals surface area contributed by atoms with E-state index >= 15 is 0 Å². The quantitative estimate of drug-likeness (QED) is 0.317. The summed E-state index contributed by atoms with van der Waals surface area (Å²) in [7, 11) is 0. The lowest BCUT2D eigenvalue weighted by Crippen LogP contribution is -1.99. The van der Waals surface area contributed by atoms with Gasteiger partial charge in [-0.2, -0.15) is 0 Å². The number of benzene rings is 4. The summed E-state index contributed by atoms with van der Waals surface area (Å²) in [5.74, 6) is 0.936. The average molecular weight is 354 g/mol. The second-order valence-corrected chi connectivity index (χ2v) is 7.20. The van der Waals surface area contributed by atoms with Crippen LogP contribution in [0.1, 0.15) is 32.6 Å². The molecule has 0 N–H and O–H groups in total. The van der Waals surface area contributed by atoms with Crippen molar-refractivity contribution in [3.63, 3.8) is 0 Å². The van der Waals surface area contributed by atoms with E-state index in [2.05, 4.69) is 57.2 Å². The van der Waals surface area contributed by atoms with E-state index in [0.29, 0.717) is 12.2 Å². The zero-order valence-electron chi connectivity index (χ0n) is 15.9. The first kappa shape index (κ1) is 17.3. The Morgan fingerprint density at radius 1 is 0.741 bits per heavy atom. The molecule has 4 rings (SSSR count). The van der Waals surface area contributed by atoms with Gasteiger partial charge in [-0.3, -0.25) is 4.79 Å². The number of aldehydes is 1. The summed E-state index contributed by atoms with van der Waals surface area (Å²) in [5.41, 5.74) is 5.35. The molecule has 0 bridgehead atoms. The first-order chi connectivity index (χ1) is 13.1. The molecule has 0 aliphatic heterocycles. The standard InChI is InChI=1S/C25H22O2/c1-16-4-10-21-22-11-5-17(2)13-24(22)25(18(3)23(21)12-16)27-15-20-8-6-19(14-26)7-9-20/h4-14H,15H2,1-3H3. The topological polar surface area (TPSA) is 26.3 Å². The molecule has 27 heavy (non-hydrogen) atoms. The zero-order chi connectivity index (χ0) is 19.0. The maximum Gasteiger partial charge on any atom is 0.150 e. The summed E-state index contributed by atoms with van der Waals surface area (Å²) in [4.78, 5) is 10.8. The molecule has 0 atom stereocenters. The maximum absolute atomic E-state index is 10.8. The first-order valence-corrected chi connectivity index (χ1v) is 9.17. The fourth-order valence-electron chi connectivity index (χ4n) is 3.64. The van der Waals surface area contributed by atoms with Gasteiger partial charge in [-0.1, -0.05) is 65.7 Å². The number of rotatable bonds is 4. The van der Waals surface area contributed by atoms with Crippen LogP contribution in [0.4, 0.5) is 0 Å². The molecule has 0 radical (unpaired) electrons. The van der Waals surface area contributed by atoms with Gasteiger partial charge >= 0.3 is 0 Å². The molecule has 0 heterocycles. The number of aryl methyl sites for hydroxylation is 3. The largest absolute Gasteiger partial charge is 0.488 e. The van der Waals surface area contributed by atoms with Crippen LogP contribution >= 0.6 is 0 Å². The Bertz CT molecular complexity index is 1150. The van der Waals surface area contributed by atoms with Gasteiger partial charge in [-0.15, -0.1) is 0 Å². The maximum atomic E-state index is 10.8. The van der Waals surface area contributed by atoms with Gasteiger partial charge in [-0.25, -0.2) is 0 Å². The van der Waals surface area contributed by atoms with E-state index < -0.39 is 0 Å². The second kappa shape index (κ2) is 6.88. The Kier molecular flexibility index (Phi) is 4.41. The molecule has 0 aromatic heterocycles. The van der Waals surface area contributed by atoms with Gasteiger partial charge in [0, 0.05) is 10.9 Å². The molecule has 0 aliphatic rings. The van der Waals surface area contributed by atoms with Crippen LogP contribution in [0.5, 0.6) is 5.75 Å². The summed E-state index contributed by atoms with van der Waals surface area (Å²) in [6.07, 6.45) is 0.858. The van der Waals surface area contributed by atoms with Gasteiger partial charge in [0.25, 0.3) is 0 Å². The Morgan fingerprint density at radius 3 is 1.96 bits per heavy atom. The highest BCUT2D eigenvalue weighted by Crippen LogP contribution is 2.38. The molecule has 4 aromatic carbocycles. The van der Waals surface area contributed by atoms with Crippen molar-refractivity contribution in [2.75, 3.05) is 0 Å². The highest BCUT2D eigenvalue weighted by molar-refractivity contribution is 6.12. The molecule has 4 aromatic rings. The van der Waals surface area contributed by atoms with Crippen LogP contribution in [0.25, 0.3) is 21.5 Å². The summed E-state index contributed by atoms with van der Waals surface area (Å²) >= 11 is 0. The van der Waals surface area contributed by atoms with E-state index in [9.17, 15) is 4.79 Å². The number of carbonyl (C=O) groups is 1. The van der Waals surface area contributed by atoms with Crippen LogP contribution in [-0.4, -0.2) is 6.29 Å². The molecule has 0 unspecified atom stereocenters. The number of fused-ring (bicyclic) bond motifs is 3. The number of hydrogen-bond donors (Lipinski definition) is 0. The molecule has 2 heteroatoms. The highest BCUT2D eigenvalue weighted by atomic mass is 16.5. The van der Waals surface area contributed by atoms with Gasteiger partial charge in [-0.05, 0) is 54.1 Å². The van der Waals surface area contributed by atoms with Crippen LogP contribution in [0.15, 0.2) is 60.7 Å². The third-order valence-electron chi connectivity index (χ3n) is 5.13. The van der Waals surface area contributed by atoms with Crippen molar-refractivity contribution in [3.8, 4) is 5.75 Å². The van der Waals surface area contributed by atoms with Gasteiger partial charge in [0.1, 0.15) is 18.6 Å². The van der Waals surface area contributed by atoms with E-state index in [1.165, 1.54) is 27.3 Å². The molecule has 0 fully saturated rings. The minimum atomic E-state index is 0.473. The second-order valence-electron chi connectivity index (χ2n) is 7.20. The number of hydrogen-bond acceptors (Lipinski definition) is 2. The summed E-state index contributed by atoms with van der Waals surface area (Å²) in [5, 5.41) is 4.86. The predicted octanol–water partition coefficient (Wildman–Crippen LogP) is 6.31.